The molecule has 0 bridgehead atoms. The maximum Gasteiger partial charge on any atom is 0.573 e. The first-order valence-electron chi connectivity index (χ1n) is 5.26. The second-order valence-electron chi connectivity index (χ2n) is 3.81. The van der Waals surface area contributed by atoms with E-state index in [-0.39, 0.29) is 11.4 Å². The summed E-state index contributed by atoms with van der Waals surface area (Å²) in [5.41, 5.74) is 6.62. The Morgan fingerprint density at radius 1 is 0.895 bits per heavy atom. The predicted octanol–water partition coefficient (Wildman–Crippen LogP) is 3.97. The molecule has 0 unspecified atom stereocenters. The fourth-order valence-electron chi connectivity index (χ4n) is 1.57. The molecular weight excluding hydrogens is 262 g/mol. The van der Waals surface area contributed by atoms with E-state index in [1.807, 2.05) is 0 Å². The molecule has 100 valence electrons. The van der Waals surface area contributed by atoms with Gasteiger partial charge in [0.05, 0.1) is 5.69 Å². The van der Waals surface area contributed by atoms with Gasteiger partial charge in [-0.2, -0.15) is 0 Å². The minimum Gasteiger partial charge on any atom is -0.406 e. The van der Waals surface area contributed by atoms with Crippen LogP contribution in [0.2, 0.25) is 0 Å². The zero-order valence-corrected chi connectivity index (χ0v) is 9.54. The molecule has 0 aliphatic rings. The van der Waals surface area contributed by atoms with Gasteiger partial charge in [-0.1, -0.05) is 18.2 Å². The molecule has 0 fully saturated rings. The van der Waals surface area contributed by atoms with Gasteiger partial charge in [-0.3, -0.25) is 0 Å². The number of ether oxygens (including phenoxy) is 1. The Bertz CT molecular complexity index is 578. The first-order chi connectivity index (χ1) is 8.85. The van der Waals surface area contributed by atoms with Crippen molar-refractivity contribution in [3.05, 3.63) is 48.3 Å². The van der Waals surface area contributed by atoms with Crippen molar-refractivity contribution in [3.8, 4) is 16.9 Å². The number of hydrogen-bond acceptors (Lipinski definition) is 2. The lowest BCUT2D eigenvalue weighted by molar-refractivity contribution is -0.274. The molecule has 0 heterocycles. The van der Waals surface area contributed by atoms with Crippen molar-refractivity contribution < 1.29 is 22.3 Å². The zero-order chi connectivity index (χ0) is 14.0. The molecule has 0 aliphatic heterocycles. The average Bonchev–Trinajstić information content (AvgIpc) is 2.32. The van der Waals surface area contributed by atoms with Gasteiger partial charge < -0.3 is 10.5 Å². The van der Waals surface area contributed by atoms with E-state index >= 15 is 0 Å². The monoisotopic (exact) mass is 271 g/mol. The summed E-state index contributed by atoms with van der Waals surface area (Å²) in [4.78, 5) is 0. The molecular formula is C13H9F4NO. The summed E-state index contributed by atoms with van der Waals surface area (Å²) >= 11 is 0. The molecule has 2 aromatic carbocycles. The summed E-state index contributed by atoms with van der Waals surface area (Å²) in [7, 11) is 0. The smallest absolute Gasteiger partial charge is 0.406 e. The maximum absolute atomic E-state index is 13.0. The van der Waals surface area contributed by atoms with Gasteiger partial charge in [0.2, 0.25) is 0 Å². The third kappa shape index (κ3) is 3.37. The van der Waals surface area contributed by atoms with Crippen LogP contribution in [0.1, 0.15) is 0 Å². The Morgan fingerprint density at radius 3 is 2.00 bits per heavy atom. The van der Waals surface area contributed by atoms with E-state index in [4.69, 9.17) is 5.73 Å². The molecule has 6 heteroatoms. The van der Waals surface area contributed by atoms with Crippen molar-refractivity contribution in [2.24, 2.45) is 0 Å². The largest absolute Gasteiger partial charge is 0.573 e. The number of anilines is 1. The molecule has 19 heavy (non-hydrogen) atoms. The molecule has 2 nitrogen and oxygen atoms in total. The molecule has 0 radical (unpaired) electrons. The quantitative estimate of drug-likeness (QED) is 0.662. The third-order valence-electron chi connectivity index (χ3n) is 2.42. The SMILES string of the molecule is Nc1cc(-c2ccc(OC(F)(F)F)cc2)ccc1F. The maximum atomic E-state index is 13.0. The van der Waals surface area contributed by atoms with Crippen LogP contribution in [0.15, 0.2) is 42.5 Å². The fourth-order valence-corrected chi connectivity index (χ4v) is 1.57. The zero-order valence-electron chi connectivity index (χ0n) is 9.54. The van der Waals surface area contributed by atoms with Gasteiger partial charge in [-0.25, -0.2) is 4.39 Å². The summed E-state index contributed by atoms with van der Waals surface area (Å²) in [6, 6.07) is 9.34. The highest BCUT2D eigenvalue weighted by Gasteiger charge is 2.30. The van der Waals surface area contributed by atoms with Crippen LogP contribution in [0.3, 0.4) is 0 Å². The number of rotatable bonds is 2. The Labute approximate surface area is 106 Å². The molecule has 2 rings (SSSR count). The first-order valence-corrected chi connectivity index (χ1v) is 5.26. The highest BCUT2D eigenvalue weighted by Crippen LogP contribution is 2.27. The number of hydrogen-bond donors (Lipinski definition) is 1. The second kappa shape index (κ2) is 4.79. The van der Waals surface area contributed by atoms with Crippen LogP contribution >= 0.6 is 0 Å². The molecule has 2 aromatic rings. The summed E-state index contributed by atoms with van der Waals surface area (Å²) in [5.74, 6) is -0.855. The Hall–Kier alpha value is -2.24. The molecule has 0 spiro atoms. The highest BCUT2D eigenvalue weighted by atomic mass is 19.4. The van der Waals surface area contributed by atoms with Crippen molar-refractivity contribution >= 4 is 5.69 Å². The Kier molecular flexibility index (Phi) is 3.33. The van der Waals surface area contributed by atoms with E-state index in [0.717, 1.165) is 0 Å². The number of benzene rings is 2. The Morgan fingerprint density at radius 2 is 1.47 bits per heavy atom. The van der Waals surface area contributed by atoms with Crippen molar-refractivity contribution in [3.63, 3.8) is 0 Å². The van der Waals surface area contributed by atoms with Crippen LogP contribution in [0.5, 0.6) is 5.75 Å². The minimum absolute atomic E-state index is 0.0203. The molecule has 0 saturated carbocycles. The number of halogens is 4. The topological polar surface area (TPSA) is 35.2 Å². The van der Waals surface area contributed by atoms with E-state index in [2.05, 4.69) is 4.74 Å². The van der Waals surface area contributed by atoms with Crippen LogP contribution in [0.4, 0.5) is 23.2 Å². The molecule has 0 aromatic heterocycles. The van der Waals surface area contributed by atoms with Crippen LogP contribution in [0.25, 0.3) is 11.1 Å². The summed E-state index contributed by atoms with van der Waals surface area (Å²) in [6.07, 6.45) is -4.72. The molecule has 0 amide bonds. The van der Waals surface area contributed by atoms with Gasteiger partial charge in [0, 0.05) is 0 Å². The van der Waals surface area contributed by atoms with E-state index in [0.29, 0.717) is 11.1 Å². The van der Waals surface area contributed by atoms with E-state index in [9.17, 15) is 17.6 Å². The standard InChI is InChI=1S/C13H9F4NO/c14-11-6-3-9(7-12(11)18)8-1-4-10(5-2-8)19-13(15,16)17/h1-7H,18H2. The third-order valence-corrected chi connectivity index (χ3v) is 2.42. The van der Waals surface area contributed by atoms with Crippen molar-refractivity contribution in [2.45, 2.75) is 6.36 Å². The highest BCUT2D eigenvalue weighted by molar-refractivity contribution is 5.68. The molecule has 0 aliphatic carbocycles. The van der Waals surface area contributed by atoms with Crippen molar-refractivity contribution in [2.75, 3.05) is 5.73 Å². The lowest BCUT2D eigenvalue weighted by Crippen LogP contribution is -2.16. The van der Waals surface area contributed by atoms with Crippen LogP contribution in [-0.4, -0.2) is 6.36 Å². The van der Waals surface area contributed by atoms with E-state index < -0.39 is 12.2 Å². The van der Waals surface area contributed by atoms with E-state index in [1.54, 1.807) is 0 Å². The van der Waals surface area contributed by atoms with Crippen LogP contribution < -0.4 is 10.5 Å². The molecule has 0 atom stereocenters. The summed E-state index contributed by atoms with van der Waals surface area (Å²) in [6.45, 7) is 0. The molecule has 0 saturated heterocycles. The number of alkyl halides is 3. The fraction of sp³-hybridized carbons (Fsp3) is 0.0769. The van der Waals surface area contributed by atoms with Gasteiger partial charge in [0.1, 0.15) is 11.6 Å². The minimum atomic E-state index is -4.72. The normalized spacial score (nSPS) is 11.4. The predicted molar refractivity (Wildman–Crippen MR) is 62.9 cm³/mol. The average molecular weight is 271 g/mol. The lowest BCUT2D eigenvalue weighted by atomic mass is 10.0. The van der Waals surface area contributed by atoms with Gasteiger partial charge >= 0.3 is 6.36 Å². The number of nitrogen functional groups attached to an aromatic ring is 1. The lowest BCUT2D eigenvalue weighted by Gasteiger charge is -2.09. The van der Waals surface area contributed by atoms with Gasteiger partial charge in [0.25, 0.3) is 0 Å². The van der Waals surface area contributed by atoms with Crippen LogP contribution in [0, 0.1) is 5.82 Å². The van der Waals surface area contributed by atoms with Crippen molar-refractivity contribution in [1.29, 1.82) is 0 Å². The van der Waals surface area contributed by atoms with Crippen molar-refractivity contribution in [1.82, 2.24) is 0 Å². The van der Waals surface area contributed by atoms with Gasteiger partial charge in [-0.05, 0) is 35.4 Å². The molecule has 2 N–H and O–H groups in total. The van der Waals surface area contributed by atoms with E-state index in [1.165, 1.54) is 42.5 Å². The summed E-state index contributed by atoms with van der Waals surface area (Å²) < 4.78 is 52.7. The Balaban J connectivity index is 2.25. The van der Waals surface area contributed by atoms with Crippen LogP contribution in [-0.2, 0) is 0 Å². The number of nitrogens with two attached hydrogens (primary N) is 1. The summed E-state index contributed by atoms with van der Waals surface area (Å²) in [5, 5.41) is 0. The first kappa shape index (κ1) is 13.2. The van der Waals surface area contributed by atoms with Gasteiger partial charge in [-0.15, -0.1) is 13.2 Å². The van der Waals surface area contributed by atoms with Gasteiger partial charge in [0.15, 0.2) is 0 Å². The second-order valence-corrected chi connectivity index (χ2v) is 3.81.